The van der Waals surface area contributed by atoms with Gasteiger partial charge in [-0.2, -0.15) is 4.98 Å². The molecule has 7 nitrogen and oxygen atoms in total. The predicted octanol–water partition coefficient (Wildman–Crippen LogP) is 2.03. The third-order valence-corrected chi connectivity index (χ3v) is 3.57. The van der Waals surface area contributed by atoms with Gasteiger partial charge in [0.2, 0.25) is 5.88 Å². The summed E-state index contributed by atoms with van der Waals surface area (Å²) in [5.74, 6) is 0.141. The van der Waals surface area contributed by atoms with Crippen LogP contribution in [0.3, 0.4) is 0 Å². The second-order valence-electron chi connectivity index (χ2n) is 5.11. The normalized spacial score (nSPS) is 16.7. The van der Waals surface area contributed by atoms with Crippen LogP contribution in [0.25, 0.3) is 0 Å². The number of aromatic nitrogens is 2. The van der Waals surface area contributed by atoms with Crippen molar-refractivity contribution in [3.05, 3.63) is 57.2 Å². The molecule has 0 aromatic carbocycles. The number of esters is 1. The lowest BCUT2D eigenvalue weighted by molar-refractivity contribution is -0.139. The van der Waals surface area contributed by atoms with Crippen molar-refractivity contribution in [3.63, 3.8) is 0 Å². The minimum atomic E-state index is -0.718. The second kappa shape index (κ2) is 5.75. The van der Waals surface area contributed by atoms with Gasteiger partial charge in [0.1, 0.15) is 17.3 Å². The molecule has 0 radical (unpaired) electrons. The molecule has 1 aliphatic heterocycles. The zero-order chi connectivity index (χ0) is 16.6. The molecule has 0 spiro atoms. The maximum absolute atomic E-state index is 12.4. The van der Waals surface area contributed by atoms with Crippen molar-refractivity contribution in [1.29, 1.82) is 0 Å². The zero-order valence-corrected chi connectivity index (χ0v) is 13.0. The molecule has 0 bridgehead atoms. The molecule has 3 rings (SSSR count). The van der Waals surface area contributed by atoms with Gasteiger partial charge in [-0.15, -0.1) is 0 Å². The third kappa shape index (κ3) is 2.54. The van der Waals surface area contributed by atoms with Crippen LogP contribution in [0.15, 0.2) is 38.9 Å². The molecule has 120 valence electrons. The van der Waals surface area contributed by atoms with Crippen molar-refractivity contribution in [1.82, 2.24) is 9.97 Å². The lowest BCUT2D eigenvalue weighted by atomic mass is 9.87. The van der Waals surface area contributed by atoms with Gasteiger partial charge in [-0.05, 0) is 32.9 Å². The monoisotopic (exact) mass is 316 g/mol. The zero-order valence-electron chi connectivity index (χ0n) is 13.0. The fraction of sp³-hybridized carbons (Fsp3) is 0.312. The number of H-pyrrole nitrogens is 1. The van der Waals surface area contributed by atoms with Gasteiger partial charge in [0.25, 0.3) is 5.56 Å². The summed E-state index contributed by atoms with van der Waals surface area (Å²) in [6, 6.07) is 3.39. The maximum Gasteiger partial charge on any atom is 0.338 e. The maximum atomic E-state index is 12.4. The van der Waals surface area contributed by atoms with Gasteiger partial charge in [0.05, 0.1) is 29.9 Å². The molecule has 0 amide bonds. The van der Waals surface area contributed by atoms with E-state index in [1.165, 1.54) is 6.26 Å². The van der Waals surface area contributed by atoms with Gasteiger partial charge in [-0.3, -0.25) is 4.79 Å². The lowest BCUT2D eigenvalue weighted by Crippen LogP contribution is -2.30. The van der Waals surface area contributed by atoms with Gasteiger partial charge in [0.15, 0.2) is 0 Å². The van der Waals surface area contributed by atoms with Crippen LogP contribution in [0.1, 0.15) is 36.9 Å². The van der Waals surface area contributed by atoms with E-state index < -0.39 is 11.9 Å². The first-order valence-corrected chi connectivity index (χ1v) is 7.22. The van der Waals surface area contributed by atoms with Crippen molar-refractivity contribution in [2.24, 2.45) is 0 Å². The number of carbonyl (C=O) groups is 1. The third-order valence-electron chi connectivity index (χ3n) is 3.57. The van der Waals surface area contributed by atoms with Crippen LogP contribution in [0.2, 0.25) is 0 Å². The molecule has 0 aliphatic carbocycles. The lowest BCUT2D eigenvalue weighted by Gasteiger charge is -2.25. The highest BCUT2D eigenvalue weighted by atomic mass is 16.5. The summed E-state index contributed by atoms with van der Waals surface area (Å²) >= 11 is 0. The van der Waals surface area contributed by atoms with Gasteiger partial charge in [0, 0.05) is 0 Å². The Morgan fingerprint density at radius 3 is 2.87 bits per heavy atom. The number of nitrogens with one attached hydrogen (secondary N) is 1. The molecule has 0 fully saturated rings. The van der Waals surface area contributed by atoms with E-state index in [1.54, 1.807) is 32.9 Å². The topological polar surface area (TPSA) is 94.4 Å². The molecule has 1 aliphatic rings. The number of rotatable bonds is 3. The van der Waals surface area contributed by atoms with Crippen LogP contribution in [0.5, 0.6) is 5.88 Å². The summed E-state index contributed by atoms with van der Waals surface area (Å²) in [4.78, 5) is 31.7. The summed E-state index contributed by atoms with van der Waals surface area (Å²) in [5, 5.41) is 0. The Bertz CT molecular complexity index is 833. The number of furan rings is 1. The molecule has 1 unspecified atom stereocenters. The van der Waals surface area contributed by atoms with Gasteiger partial charge >= 0.3 is 5.97 Å². The second-order valence-corrected chi connectivity index (χ2v) is 5.11. The van der Waals surface area contributed by atoms with Crippen LogP contribution in [-0.4, -0.2) is 22.5 Å². The minimum Gasteiger partial charge on any atom is -0.468 e. The molecule has 0 saturated heterocycles. The Labute approximate surface area is 131 Å². The fourth-order valence-corrected chi connectivity index (χ4v) is 2.66. The van der Waals surface area contributed by atoms with E-state index in [-0.39, 0.29) is 29.2 Å². The first kappa shape index (κ1) is 15.1. The molecular formula is C16H16N2O5. The largest absolute Gasteiger partial charge is 0.468 e. The van der Waals surface area contributed by atoms with Crippen LogP contribution in [-0.2, 0) is 9.53 Å². The van der Waals surface area contributed by atoms with Crippen LogP contribution < -0.4 is 10.3 Å². The van der Waals surface area contributed by atoms with Gasteiger partial charge < -0.3 is 18.9 Å². The molecule has 23 heavy (non-hydrogen) atoms. The molecule has 2 aromatic heterocycles. The number of fused-ring (bicyclic) bond motifs is 1. The molecule has 1 N–H and O–H groups in total. The minimum absolute atomic E-state index is 0.179. The quantitative estimate of drug-likeness (QED) is 0.871. The van der Waals surface area contributed by atoms with Crippen LogP contribution >= 0.6 is 0 Å². The van der Waals surface area contributed by atoms with Crippen LogP contribution in [0, 0.1) is 6.92 Å². The Balaban J connectivity index is 2.24. The smallest absolute Gasteiger partial charge is 0.338 e. The number of aryl methyl sites for hydroxylation is 1. The van der Waals surface area contributed by atoms with E-state index in [9.17, 15) is 9.59 Å². The highest BCUT2D eigenvalue weighted by molar-refractivity contribution is 5.92. The van der Waals surface area contributed by atoms with E-state index in [0.717, 1.165) is 0 Å². The summed E-state index contributed by atoms with van der Waals surface area (Å²) in [5.41, 5.74) is 0.104. The van der Waals surface area contributed by atoms with E-state index in [4.69, 9.17) is 13.9 Å². The van der Waals surface area contributed by atoms with E-state index in [2.05, 4.69) is 9.97 Å². The Morgan fingerprint density at radius 2 is 2.22 bits per heavy atom. The number of ether oxygens (including phenoxy) is 2. The number of carbonyl (C=O) groups excluding carboxylic acids is 1. The SMILES string of the molecule is CCOC(=O)C1=C(C)Oc2nc(C)[nH]c(=O)c2C1c1ccco1. The van der Waals surface area contributed by atoms with E-state index >= 15 is 0 Å². The number of nitrogens with zero attached hydrogens (tertiary/aromatic N) is 1. The Hall–Kier alpha value is -2.83. The molecule has 0 saturated carbocycles. The Kier molecular flexibility index (Phi) is 3.77. The molecule has 3 heterocycles. The molecule has 7 heteroatoms. The first-order chi connectivity index (χ1) is 11.0. The van der Waals surface area contributed by atoms with Crippen molar-refractivity contribution in [3.8, 4) is 5.88 Å². The summed E-state index contributed by atoms with van der Waals surface area (Å²) in [7, 11) is 0. The Morgan fingerprint density at radius 1 is 1.43 bits per heavy atom. The van der Waals surface area contributed by atoms with Gasteiger partial charge in [-0.25, -0.2) is 4.79 Å². The average Bonchev–Trinajstić information content (AvgIpc) is 2.99. The van der Waals surface area contributed by atoms with Crippen molar-refractivity contribution in [2.45, 2.75) is 26.7 Å². The van der Waals surface area contributed by atoms with E-state index in [1.807, 2.05) is 0 Å². The van der Waals surface area contributed by atoms with Crippen molar-refractivity contribution in [2.75, 3.05) is 6.61 Å². The standard InChI is InChI=1S/C16H16N2O5/c1-4-21-16(20)11-8(2)23-15-13(14(19)17-9(3)18-15)12(11)10-6-5-7-22-10/h5-7,12H,4H2,1-3H3,(H,17,18,19). The molecular weight excluding hydrogens is 300 g/mol. The van der Waals surface area contributed by atoms with Crippen LogP contribution in [0.4, 0.5) is 0 Å². The average molecular weight is 316 g/mol. The predicted molar refractivity (Wildman–Crippen MR) is 80.1 cm³/mol. The fourth-order valence-electron chi connectivity index (χ4n) is 2.66. The summed E-state index contributed by atoms with van der Waals surface area (Å²) in [6.07, 6.45) is 1.48. The van der Waals surface area contributed by atoms with Crippen molar-refractivity contribution < 1.29 is 18.7 Å². The first-order valence-electron chi connectivity index (χ1n) is 7.22. The number of aromatic amines is 1. The number of allylic oxidation sites excluding steroid dienone is 1. The van der Waals surface area contributed by atoms with Crippen molar-refractivity contribution >= 4 is 5.97 Å². The number of hydrogen-bond acceptors (Lipinski definition) is 6. The van der Waals surface area contributed by atoms with E-state index in [0.29, 0.717) is 17.3 Å². The van der Waals surface area contributed by atoms with Gasteiger partial charge in [-0.1, -0.05) is 0 Å². The highest BCUT2D eigenvalue weighted by Gasteiger charge is 2.39. The molecule has 1 atom stereocenters. The highest BCUT2D eigenvalue weighted by Crippen LogP contribution is 2.40. The summed E-state index contributed by atoms with van der Waals surface area (Å²) < 4.78 is 16.2. The number of hydrogen-bond donors (Lipinski definition) is 1. The summed E-state index contributed by atoms with van der Waals surface area (Å²) in [6.45, 7) is 5.23. The molecule has 2 aromatic rings.